The smallest absolute Gasteiger partial charge is 0.265 e. The second-order valence-electron chi connectivity index (χ2n) is 6.46. The van der Waals surface area contributed by atoms with Crippen LogP contribution in [0.1, 0.15) is 54.2 Å². The van der Waals surface area contributed by atoms with E-state index in [9.17, 15) is 4.79 Å². The quantitative estimate of drug-likeness (QED) is 0.861. The number of thiazole rings is 1. The van der Waals surface area contributed by atoms with E-state index in [1.54, 1.807) is 17.5 Å². The van der Waals surface area contributed by atoms with Crippen LogP contribution in [0, 0.1) is 0 Å². The molecule has 0 radical (unpaired) electrons. The summed E-state index contributed by atoms with van der Waals surface area (Å²) in [4.78, 5) is 22.3. The Hall–Kier alpha value is -0.940. The Morgan fingerprint density at radius 3 is 2.52 bits per heavy atom. The molecule has 2 saturated heterocycles. The molecule has 116 valence electrons. The topological polar surface area (TPSA) is 36.4 Å². The lowest BCUT2D eigenvalue weighted by atomic mass is 9.88. The standard InChI is InChI=1S/C16H25N3OS/c1-3-14-17-12-13(21-14)15(20)18-10-6-16(2,7-11-18)19-8-4-5-9-19/h12H,3-11H2,1-2H3. The van der Waals surface area contributed by atoms with Gasteiger partial charge in [0.25, 0.3) is 5.91 Å². The molecule has 4 nitrogen and oxygen atoms in total. The lowest BCUT2D eigenvalue weighted by Gasteiger charge is -2.45. The van der Waals surface area contributed by atoms with Gasteiger partial charge in [0.05, 0.1) is 11.2 Å². The number of carbonyl (C=O) groups excluding carboxylic acids is 1. The van der Waals surface area contributed by atoms with E-state index >= 15 is 0 Å². The van der Waals surface area contributed by atoms with Crippen molar-refractivity contribution < 1.29 is 4.79 Å². The predicted molar refractivity (Wildman–Crippen MR) is 85.8 cm³/mol. The van der Waals surface area contributed by atoms with Gasteiger partial charge in [-0.2, -0.15) is 0 Å². The minimum absolute atomic E-state index is 0.177. The molecule has 0 aliphatic carbocycles. The summed E-state index contributed by atoms with van der Waals surface area (Å²) >= 11 is 1.55. The maximum Gasteiger partial charge on any atom is 0.265 e. The Morgan fingerprint density at radius 2 is 1.95 bits per heavy atom. The summed E-state index contributed by atoms with van der Waals surface area (Å²) in [6, 6.07) is 0. The number of carbonyl (C=O) groups is 1. The highest BCUT2D eigenvalue weighted by Crippen LogP contribution is 2.32. The van der Waals surface area contributed by atoms with Crippen LogP contribution in [-0.4, -0.2) is 52.4 Å². The first-order valence-corrected chi connectivity index (χ1v) is 8.93. The summed E-state index contributed by atoms with van der Waals surface area (Å²) in [5.74, 6) is 0.177. The van der Waals surface area contributed by atoms with Gasteiger partial charge < -0.3 is 4.90 Å². The van der Waals surface area contributed by atoms with Crippen molar-refractivity contribution >= 4 is 17.2 Å². The third kappa shape index (κ3) is 2.99. The zero-order chi connectivity index (χ0) is 14.9. The van der Waals surface area contributed by atoms with E-state index in [2.05, 4.69) is 23.7 Å². The van der Waals surface area contributed by atoms with Crippen molar-refractivity contribution in [2.24, 2.45) is 0 Å². The molecule has 0 aromatic carbocycles. The maximum absolute atomic E-state index is 12.5. The fourth-order valence-corrected chi connectivity index (χ4v) is 4.32. The third-order valence-electron chi connectivity index (χ3n) is 5.06. The van der Waals surface area contributed by atoms with Gasteiger partial charge in [-0.1, -0.05) is 6.92 Å². The van der Waals surface area contributed by atoms with Gasteiger partial charge in [-0.25, -0.2) is 4.98 Å². The third-order valence-corrected chi connectivity index (χ3v) is 6.19. The summed E-state index contributed by atoms with van der Waals surface area (Å²) in [6.07, 6.45) is 7.51. The number of likely N-dealkylation sites (tertiary alicyclic amines) is 2. The van der Waals surface area contributed by atoms with E-state index in [0.717, 1.165) is 42.2 Å². The Kier molecular flexibility index (Phi) is 4.31. The van der Waals surface area contributed by atoms with Crippen molar-refractivity contribution in [3.63, 3.8) is 0 Å². The molecule has 2 aliphatic rings. The molecule has 0 bridgehead atoms. The number of nitrogens with zero attached hydrogens (tertiary/aromatic N) is 3. The van der Waals surface area contributed by atoms with Crippen molar-refractivity contribution in [1.82, 2.24) is 14.8 Å². The molecule has 3 heterocycles. The number of aryl methyl sites for hydroxylation is 1. The Labute approximate surface area is 131 Å². The van der Waals surface area contributed by atoms with Gasteiger partial charge in [-0.3, -0.25) is 9.69 Å². The van der Waals surface area contributed by atoms with Gasteiger partial charge in [0.2, 0.25) is 0 Å². The second kappa shape index (κ2) is 6.05. The molecule has 1 amide bonds. The molecule has 21 heavy (non-hydrogen) atoms. The van der Waals surface area contributed by atoms with Crippen LogP contribution >= 0.6 is 11.3 Å². The van der Waals surface area contributed by atoms with Gasteiger partial charge in [0.15, 0.2) is 0 Å². The van der Waals surface area contributed by atoms with Crippen molar-refractivity contribution in [2.75, 3.05) is 26.2 Å². The number of hydrogen-bond donors (Lipinski definition) is 0. The van der Waals surface area contributed by atoms with Crippen LogP contribution in [-0.2, 0) is 6.42 Å². The highest BCUT2D eigenvalue weighted by atomic mass is 32.1. The number of amides is 1. The predicted octanol–water partition coefficient (Wildman–Crippen LogP) is 2.80. The summed E-state index contributed by atoms with van der Waals surface area (Å²) in [5, 5.41) is 1.05. The van der Waals surface area contributed by atoms with Crippen LogP contribution in [0.4, 0.5) is 0 Å². The first kappa shape index (κ1) is 15.0. The Balaban J connectivity index is 1.61. The average Bonchev–Trinajstić information content (AvgIpc) is 3.19. The van der Waals surface area contributed by atoms with E-state index in [1.165, 1.54) is 25.9 Å². The molecule has 2 aliphatic heterocycles. The minimum Gasteiger partial charge on any atom is -0.338 e. The van der Waals surface area contributed by atoms with Gasteiger partial charge in [0.1, 0.15) is 4.88 Å². The number of hydrogen-bond acceptors (Lipinski definition) is 4. The molecule has 1 aromatic heterocycles. The van der Waals surface area contributed by atoms with E-state index < -0.39 is 0 Å². The van der Waals surface area contributed by atoms with Gasteiger partial charge in [-0.15, -0.1) is 11.3 Å². The average molecular weight is 307 g/mol. The molecule has 1 aromatic rings. The lowest BCUT2D eigenvalue weighted by Crippen LogP contribution is -2.53. The molecule has 0 N–H and O–H groups in total. The molecule has 2 fully saturated rings. The highest BCUT2D eigenvalue weighted by molar-refractivity contribution is 7.13. The zero-order valence-electron chi connectivity index (χ0n) is 13.1. The number of piperidine rings is 1. The number of aromatic nitrogens is 1. The number of rotatable bonds is 3. The van der Waals surface area contributed by atoms with Crippen LogP contribution < -0.4 is 0 Å². The highest BCUT2D eigenvalue weighted by Gasteiger charge is 2.38. The van der Waals surface area contributed by atoms with Crippen molar-refractivity contribution in [3.8, 4) is 0 Å². The summed E-state index contributed by atoms with van der Waals surface area (Å²) in [7, 11) is 0. The Bertz CT molecular complexity index is 499. The summed E-state index contributed by atoms with van der Waals surface area (Å²) in [5.41, 5.74) is 0.301. The fourth-order valence-electron chi connectivity index (χ4n) is 3.49. The van der Waals surface area contributed by atoms with Gasteiger partial charge >= 0.3 is 0 Å². The SMILES string of the molecule is CCc1ncc(C(=O)N2CCC(C)(N3CCCC3)CC2)s1. The van der Waals surface area contributed by atoms with Gasteiger partial charge in [-0.05, 0) is 52.1 Å². The van der Waals surface area contributed by atoms with E-state index in [4.69, 9.17) is 0 Å². The Morgan fingerprint density at radius 1 is 1.29 bits per heavy atom. The summed E-state index contributed by atoms with van der Waals surface area (Å²) in [6.45, 7) is 8.69. The minimum atomic E-state index is 0.177. The molecule has 0 saturated carbocycles. The fraction of sp³-hybridized carbons (Fsp3) is 0.750. The van der Waals surface area contributed by atoms with Crippen molar-refractivity contribution in [2.45, 2.75) is 51.5 Å². The second-order valence-corrected chi connectivity index (χ2v) is 7.57. The first-order chi connectivity index (χ1) is 10.1. The summed E-state index contributed by atoms with van der Waals surface area (Å²) < 4.78 is 0. The maximum atomic E-state index is 12.5. The van der Waals surface area contributed by atoms with Crippen LogP contribution in [0.25, 0.3) is 0 Å². The van der Waals surface area contributed by atoms with Gasteiger partial charge in [0, 0.05) is 18.6 Å². The van der Waals surface area contributed by atoms with Crippen molar-refractivity contribution in [1.29, 1.82) is 0 Å². The lowest BCUT2D eigenvalue weighted by molar-refractivity contribution is 0.0409. The van der Waals surface area contributed by atoms with Crippen LogP contribution in [0.15, 0.2) is 6.20 Å². The normalized spacial score (nSPS) is 22.7. The molecule has 3 rings (SSSR count). The zero-order valence-corrected chi connectivity index (χ0v) is 13.9. The van der Waals surface area contributed by atoms with Crippen molar-refractivity contribution in [3.05, 3.63) is 16.1 Å². The van der Waals surface area contributed by atoms with E-state index in [0.29, 0.717) is 5.54 Å². The molecule has 0 atom stereocenters. The largest absolute Gasteiger partial charge is 0.338 e. The first-order valence-electron chi connectivity index (χ1n) is 8.11. The van der Waals surface area contributed by atoms with Crippen LogP contribution in [0.5, 0.6) is 0 Å². The molecule has 0 unspecified atom stereocenters. The monoisotopic (exact) mass is 307 g/mol. The molecular weight excluding hydrogens is 282 g/mol. The van der Waals surface area contributed by atoms with Crippen LogP contribution in [0.3, 0.4) is 0 Å². The molecular formula is C16H25N3OS. The molecule has 5 heteroatoms. The van der Waals surface area contributed by atoms with E-state index in [1.807, 2.05) is 4.90 Å². The van der Waals surface area contributed by atoms with E-state index in [-0.39, 0.29) is 5.91 Å². The van der Waals surface area contributed by atoms with Crippen LogP contribution in [0.2, 0.25) is 0 Å². The molecule has 0 spiro atoms.